The third-order valence-electron chi connectivity index (χ3n) is 8.10. The molecule has 42 heavy (non-hydrogen) atoms. The largest absolute Gasteiger partial charge is 0.370 e. The van der Waals surface area contributed by atoms with Crippen molar-refractivity contribution in [3.05, 3.63) is 42.0 Å². The summed E-state index contributed by atoms with van der Waals surface area (Å²) in [7, 11) is -4.05. The molecule has 2 aromatic rings. The zero-order valence-corrected chi connectivity index (χ0v) is 26.9. The van der Waals surface area contributed by atoms with E-state index in [0.29, 0.717) is 17.6 Å². The lowest BCUT2D eigenvalue weighted by Crippen LogP contribution is -2.46. The van der Waals surface area contributed by atoms with Crippen LogP contribution in [0.15, 0.2) is 46.3 Å². The van der Waals surface area contributed by atoms with Crippen LogP contribution in [0.2, 0.25) is 0 Å². The number of fused-ring (bicyclic) bond motifs is 1. The van der Waals surface area contributed by atoms with Crippen molar-refractivity contribution in [2.24, 2.45) is 28.3 Å². The Balaban J connectivity index is 1.82. The molecule has 8 nitrogen and oxygen atoms in total. The minimum absolute atomic E-state index is 0.100. The number of hydrogen-bond acceptors (Lipinski definition) is 6. The number of nitrogens with two attached hydrogens (primary N) is 2. The zero-order valence-electron chi connectivity index (χ0n) is 25.3. The van der Waals surface area contributed by atoms with Gasteiger partial charge in [-0.15, -0.1) is 0 Å². The monoisotopic (exact) mass is 616 g/mol. The summed E-state index contributed by atoms with van der Waals surface area (Å²) in [5.41, 5.74) is 12.1. The van der Waals surface area contributed by atoms with Crippen LogP contribution < -0.4 is 16.2 Å². The number of Topliss-reactive ketones (excluding diaryl/α,β-unsaturated/α-hetero) is 2. The number of guanidine groups is 1. The molecular formula is C32H48N4O4S2. The van der Waals surface area contributed by atoms with Crippen LogP contribution in [-0.4, -0.2) is 50.0 Å². The van der Waals surface area contributed by atoms with E-state index >= 15 is 0 Å². The minimum atomic E-state index is -4.05. The van der Waals surface area contributed by atoms with Crippen LogP contribution in [0.5, 0.6) is 0 Å². The lowest BCUT2D eigenvalue weighted by atomic mass is 9.73. The highest BCUT2D eigenvalue weighted by Crippen LogP contribution is 2.36. The lowest BCUT2D eigenvalue weighted by molar-refractivity contribution is -0.127. The van der Waals surface area contributed by atoms with Crippen LogP contribution in [-0.2, 0) is 19.6 Å². The molecule has 10 heteroatoms. The molecule has 1 saturated carbocycles. The highest BCUT2D eigenvalue weighted by Gasteiger charge is 2.36. The average Bonchev–Trinajstić information content (AvgIpc) is 2.95. The molecule has 0 bridgehead atoms. The number of nitrogens with one attached hydrogen (secondary N) is 1. The molecule has 3 rings (SSSR count). The second kappa shape index (κ2) is 16.4. The topological polar surface area (TPSA) is 145 Å². The molecular weight excluding hydrogens is 569 g/mol. The fraction of sp³-hybridized carbons (Fsp3) is 0.594. The summed E-state index contributed by atoms with van der Waals surface area (Å²) in [4.78, 5) is 30.6. The van der Waals surface area contributed by atoms with E-state index in [1.807, 2.05) is 24.3 Å². The second-order valence-electron chi connectivity index (χ2n) is 11.7. The Labute approximate surface area is 255 Å². The fourth-order valence-corrected chi connectivity index (χ4v) is 8.29. The van der Waals surface area contributed by atoms with E-state index in [0.717, 1.165) is 61.6 Å². The number of thioether (sulfide) groups is 1. The lowest BCUT2D eigenvalue weighted by Gasteiger charge is -2.33. The third kappa shape index (κ3) is 9.54. The van der Waals surface area contributed by atoms with Gasteiger partial charge in [0.2, 0.25) is 10.0 Å². The van der Waals surface area contributed by atoms with E-state index < -0.39 is 16.1 Å². The molecule has 2 aromatic carbocycles. The van der Waals surface area contributed by atoms with Crippen molar-refractivity contribution in [1.82, 2.24) is 4.72 Å². The van der Waals surface area contributed by atoms with Gasteiger partial charge in [0.1, 0.15) is 5.78 Å². The van der Waals surface area contributed by atoms with Crippen LogP contribution in [0, 0.1) is 11.8 Å². The van der Waals surface area contributed by atoms with Gasteiger partial charge in [-0.1, -0.05) is 63.9 Å². The summed E-state index contributed by atoms with van der Waals surface area (Å²) >= 11 is 1.68. The first-order chi connectivity index (χ1) is 20.0. The Morgan fingerprint density at radius 1 is 1.07 bits per heavy atom. The average molecular weight is 617 g/mol. The van der Waals surface area contributed by atoms with Crippen molar-refractivity contribution >= 4 is 50.1 Å². The maximum Gasteiger partial charge on any atom is 0.241 e. The number of ketones is 2. The van der Waals surface area contributed by atoms with Crippen LogP contribution in [0.3, 0.4) is 0 Å². The van der Waals surface area contributed by atoms with Crippen molar-refractivity contribution in [3.8, 4) is 0 Å². The zero-order chi connectivity index (χ0) is 30.7. The summed E-state index contributed by atoms with van der Waals surface area (Å²) in [6.07, 6.45) is 6.86. The fourth-order valence-electron chi connectivity index (χ4n) is 6.03. The maximum absolute atomic E-state index is 14.1. The molecule has 5 N–H and O–H groups in total. The molecule has 0 amide bonds. The first kappa shape index (κ1) is 34.1. The first-order valence-corrected chi connectivity index (χ1v) is 17.9. The van der Waals surface area contributed by atoms with Crippen molar-refractivity contribution in [2.75, 3.05) is 18.1 Å². The second-order valence-corrected chi connectivity index (χ2v) is 14.4. The summed E-state index contributed by atoms with van der Waals surface area (Å²) in [6, 6.07) is 10.0. The molecule has 0 aliphatic heterocycles. The molecule has 232 valence electrons. The molecule has 0 aromatic heterocycles. The number of rotatable bonds is 17. The molecule has 1 aliphatic carbocycles. The normalized spacial score (nSPS) is 18.2. The van der Waals surface area contributed by atoms with Crippen molar-refractivity contribution in [2.45, 2.75) is 95.4 Å². The van der Waals surface area contributed by atoms with Gasteiger partial charge in [-0.2, -0.15) is 11.8 Å². The first-order valence-electron chi connectivity index (χ1n) is 15.3. The van der Waals surface area contributed by atoms with Crippen LogP contribution in [0.4, 0.5) is 0 Å². The Bertz CT molecular complexity index is 1340. The predicted octanol–water partition coefficient (Wildman–Crippen LogP) is 5.53. The quantitative estimate of drug-likeness (QED) is 0.120. The van der Waals surface area contributed by atoms with Gasteiger partial charge >= 0.3 is 0 Å². The van der Waals surface area contributed by atoms with Gasteiger partial charge in [0.25, 0.3) is 0 Å². The van der Waals surface area contributed by atoms with E-state index in [-0.39, 0.29) is 53.1 Å². The minimum Gasteiger partial charge on any atom is -0.370 e. The van der Waals surface area contributed by atoms with Crippen LogP contribution in [0.1, 0.15) is 90.0 Å². The van der Waals surface area contributed by atoms with Gasteiger partial charge in [-0.25, -0.2) is 13.1 Å². The van der Waals surface area contributed by atoms with Gasteiger partial charge < -0.3 is 11.5 Å². The Hall–Kier alpha value is -2.43. The number of carbonyl (C=O) groups excluding carboxylic acids is 2. The van der Waals surface area contributed by atoms with E-state index in [1.54, 1.807) is 23.9 Å². The Morgan fingerprint density at radius 2 is 1.79 bits per heavy atom. The van der Waals surface area contributed by atoms with Gasteiger partial charge in [0.05, 0.1) is 16.7 Å². The number of hydrogen-bond donors (Lipinski definition) is 3. The molecule has 0 saturated heterocycles. The van der Waals surface area contributed by atoms with Crippen LogP contribution in [0.25, 0.3) is 10.8 Å². The molecule has 3 unspecified atom stereocenters. The third-order valence-corrected chi connectivity index (χ3v) is 10.8. The SMILES string of the molecule is CCCSCC(=O)CCCC1CCCCC1C(=O)C(CCN=C(N)N)NS(=O)(=O)c1cccc2c(C(C)C)cccc12. The Kier molecular flexibility index (Phi) is 13.3. The standard InChI is InChI=1S/C32H48N4O4S2/c1-4-20-41-21-24(37)12-7-11-23-10-5-6-13-26(23)31(38)29(18-19-35-32(33)34)36-42(39,40)30-17-9-15-27-25(22(2)3)14-8-16-28(27)30/h8-9,14-17,22-23,26,29,36H,4-7,10-13,18-21H2,1-3H3,(H4,33,34,35). The molecule has 3 atom stereocenters. The van der Waals surface area contributed by atoms with Gasteiger partial charge in [-0.05, 0) is 73.1 Å². The molecule has 0 radical (unpaired) electrons. The van der Waals surface area contributed by atoms with E-state index in [2.05, 4.69) is 30.5 Å². The predicted molar refractivity (Wildman–Crippen MR) is 174 cm³/mol. The van der Waals surface area contributed by atoms with E-state index in [4.69, 9.17) is 11.5 Å². The van der Waals surface area contributed by atoms with Crippen molar-refractivity contribution in [1.29, 1.82) is 0 Å². The molecule has 1 fully saturated rings. The summed E-state index contributed by atoms with van der Waals surface area (Å²) < 4.78 is 30.5. The number of aliphatic imine (C=N–C) groups is 1. The number of sulfonamides is 1. The highest BCUT2D eigenvalue weighted by molar-refractivity contribution is 7.99. The number of nitrogens with zero attached hydrogens (tertiary/aromatic N) is 1. The molecule has 0 heterocycles. The van der Waals surface area contributed by atoms with Gasteiger partial charge in [0, 0.05) is 24.3 Å². The van der Waals surface area contributed by atoms with E-state index in [1.165, 1.54) is 0 Å². The molecule has 0 spiro atoms. The summed E-state index contributed by atoms with van der Waals surface area (Å²) in [6.45, 7) is 6.39. The van der Waals surface area contributed by atoms with Gasteiger partial charge in [0.15, 0.2) is 11.7 Å². The number of benzene rings is 2. The van der Waals surface area contributed by atoms with Crippen LogP contribution >= 0.6 is 11.8 Å². The highest BCUT2D eigenvalue weighted by atomic mass is 32.2. The van der Waals surface area contributed by atoms with Crippen molar-refractivity contribution < 1.29 is 18.0 Å². The van der Waals surface area contributed by atoms with E-state index in [9.17, 15) is 18.0 Å². The van der Waals surface area contributed by atoms with Crippen molar-refractivity contribution in [3.63, 3.8) is 0 Å². The Morgan fingerprint density at radius 3 is 2.50 bits per heavy atom. The smallest absolute Gasteiger partial charge is 0.241 e. The number of carbonyl (C=O) groups is 2. The summed E-state index contributed by atoms with van der Waals surface area (Å²) in [5.74, 6) is 1.66. The summed E-state index contributed by atoms with van der Waals surface area (Å²) in [5, 5.41) is 1.51. The maximum atomic E-state index is 14.1. The molecule has 1 aliphatic rings. The van der Waals surface area contributed by atoms with Gasteiger partial charge in [-0.3, -0.25) is 14.6 Å².